The molecule has 116 valence electrons. The summed E-state index contributed by atoms with van der Waals surface area (Å²) >= 11 is 1.12. The summed E-state index contributed by atoms with van der Waals surface area (Å²) in [5, 5.41) is 10.3. The Kier molecular flexibility index (Phi) is 4.54. The Morgan fingerprint density at radius 2 is 1.74 bits per heavy atom. The van der Waals surface area contributed by atoms with Crippen molar-refractivity contribution in [3.05, 3.63) is 65.7 Å². The smallest absolute Gasteiger partial charge is 0.487 e. The molecule has 0 saturated carbocycles. The number of benzene rings is 2. The molecule has 1 heterocycles. The maximum atomic E-state index is 10.4. The van der Waals surface area contributed by atoms with Crippen LogP contribution in [0.25, 0.3) is 11.1 Å². The minimum atomic E-state index is -1.37. The van der Waals surface area contributed by atoms with Gasteiger partial charge < -0.3 is 14.6 Å². The van der Waals surface area contributed by atoms with Crippen LogP contribution in [0.1, 0.15) is 5.69 Å². The number of carbonyl (C=O) groups is 1. The minimum absolute atomic E-state index is 0.0931. The molecule has 0 amide bonds. The molecule has 23 heavy (non-hydrogen) atoms. The molecule has 5 nitrogen and oxygen atoms in total. The highest BCUT2D eigenvalue weighted by atomic mass is 32.1. The van der Waals surface area contributed by atoms with Crippen molar-refractivity contribution >= 4 is 17.5 Å². The van der Waals surface area contributed by atoms with Crippen molar-refractivity contribution in [1.82, 2.24) is 4.98 Å². The number of rotatable bonds is 5. The highest BCUT2D eigenvalue weighted by Crippen LogP contribution is 2.23. The van der Waals surface area contributed by atoms with Crippen LogP contribution in [0.15, 0.2) is 60.0 Å². The second kappa shape index (κ2) is 6.93. The lowest BCUT2D eigenvalue weighted by Gasteiger charge is -2.06. The maximum Gasteiger partial charge on any atom is 0.513 e. The molecule has 0 aliphatic carbocycles. The van der Waals surface area contributed by atoms with Crippen LogP contribution in [0.4, 0.5) is 4.79 Å². The third-order valence-corrected chi connectivity index (χ3v) is 3.82. The van der Waals surface area contributed by atoms with Crippen molar-refractivity contribution in [2.45, 2.75) is 6.61 Å². The fourth-order valence-electron chi connectivity index (χ4n) is 2.01. The Labute approximate surface area is 136 Å². The van der Waals surface area contributed by atoms with E-state index in [1.807, 2.05) is 42.5 Å². The Morgan fingerprint density at radius 1 is 1.04 bits per heavy atom. The number of carboxylic acid groups (broad SMARTS) is 1. The molecule has 3 rings (SSSR count). The molecular weight excluding hydrogens is 314 g/mol. The van der Waals surface area contributed by atoms with Crippen molar-refractivity contribution in [1.29, 1.82) is 0 Å². The van der Waals surface area contributed by atoms with Gasteiger partial charge in [0.25, 0.3) is 5.19 Å². The molecule has 0 unspecified atom stereocenters. The van der Waals surface area contributed by atoms with Crippen LogP contribution >= 0.6 is 11.3 Å². The maximum absolute atomic E-state index is 10.4. The third-order valence-electron chi connectivity index (χ3n) is 3.05. The van der Waals surface area contributed by atoms with Crippen LogP contribution in [-0.2, 0) is 6.61 Å². The first-order valence-corrected chi connectivity index (χ1v) is 7.72. The molecule has 3 aromatic rings. The van der Waals surface area contributed by atoms with E-state index in [2.05, 4.69) is 21.9 Å². The Bertz CT molecular complexity index is 784. The van der Waals surface area contributed by atoms with Gasteiger partial charge in [-0.25, -0.2) is 9.78 Å². The van der Waals surface area contributed by atoms with Gasteiger partial charge in [0.05, 0.1) is 5.69 Å². The summed E-state index contributed by atoms with van der Waals surface area (Å²) in [5.74, 6) is 0.721. The van der Waals surface area contributed by atoms with Crippen LogP contribution in [0.5, 0.6) is 10.9 Å². The number of hydrogen-bond donors (Lipinski definition) is 1. The monoisotopic (exact) mass is 327 g/mol. The molecule has 0 atom stereocenters. The number of hydrogen-bond acceptors (Lipinski definition) is 5. The molecule has 0 saturated heterocycles. The predicted octanol–water partition coefficient (Wildman–Crippen LogP) is 4.45. The van der Waals surface area contributed by atoms with Gasteiger partial charge in [0.1, 0.15) is 12.4 Å². The molecule has 1 N–H and O–H groups in total. The molecule has 0 spiro atoms. The van der Waals surface area contributed by atoms with Gasteiger partial charge in [0, 0.05) is 5.38 Å². The Morgan fingerprint density at radius 3 is 2.43 bits per heavy atom. The molecule has 0 aliphatic rings. The van der Waals surface area contributed by atoms with Crippen LogP contribution in [0, 0.1) is 0 Å². The van der Waals surface area contributed by atoms with E-state index >= 15 is 0 Å². The van der Waals surface area contributed by atoms with Crippen LogP contribution in [0.2, 0.25) is 0 Å². The summed E-state index contributed by atoms with van der Waals surface area (Å²) in [5.41, 5.74) is 2.89. The standard InChI is InChI=1S/C17H13NO4S/c19-17(20)22-16-18-14(11-23-16)10-21-15-8-6-13(7-9-15)12-4-2-1-3-5-12/h1-9,11H,10H2,(H,19,20). The predicted molar refractivity (Wildman–Crippen MR) is 87.0 cm³/mol. The van der Waals surface area contributed by atoms with Gasteiger partial charge >= 0.3 is 6.16 Å². The summed E-state index contributed by atoms with van der Waals surface area (Å²) in [6, 6.07) is 17.8. The largest absolute Gasteiger partial charge is 0.513 e. The third kappa shape index (κ3) is 4.08. The van der Waals surface area contributed by atoms with Gasteiger partial charge in [-0.05, 0) is 23.3 Å². The van der Waals surface area contributed by atoms with E-state index in [4.69, 9.17) is 9.84 Å². The lowest BCUT2D eigenvalue weighted by atomic mass is 10.1. The van der Waals surface area contributed by atoms with E-state index < -0.39 is 6.16 Å². The molecule has 0 radical (unpaired) electrons. The van der Waals surface area contributed by atoms with E-state index in [1.54, 1.807) is 5.38 Å². The summed E-state index contributed by atoms with van der Waals surface area (Å²) in [7, 11) is 0. The quantitative estimate of drug-likeness (QED) is 0.701. The van der Waals surface area contributed by atoms with Crippen molar-refractivity contribution < 1.29 is 19.4 Å². The number of aromatic nitrogens is 1. The summed E-state index contributed by atoms with van der Waals surface area (Å²) in [4.78, 5) is 14.4. The number of nitrogens with zero attached hydrogens (tertiary/aromatic N) is 1. The zero-order valence-corrected chi connectivity index (χ0v) is 12.8. The Hall–Kier alpha value is -2.86. The van der Waals surface area contributed by atoms with Crippen LogP contribution in [0.3, 0.4) is 0 Å². The van der Waals surface area contributed by atoms with Gasteiger partial charge in [-0.1, -0.05) is 53.8 Å². The zero-order chi connectivity index (χ0) is 16.1. The lowest BCUT2D eigenvalue weighted by molar-refractivity contribution is 0.144. The van der Waals surface area contributed by atoms with Crippen molar-refractivity contribution in [3.63, 3.8) is 0 Å². The van der Waals surface area contributed by atoms with Gasteiger partial charge in [-0.15, -0.1) is 0 Å². The fraction of sp³-hybridized carbons (Fsp3) is 0.0588. The normalized spacial score (nSPS) is 10.3. The van der Waals surface area contributed by atoms with Crippen molar-refractivity contribution in [3.8, 4) is 22.1 Å². The number of ether oxygens (including phenoxy) is 2. The average molecular weight is 327 g/mol. The lowest BCUT2D eigenvalue weighted by Crippen LogP contribution is -2.03. The van der Waals surface area contributed by atoms with Crippen molar-refractivity contribution in [2.24, 2.45) is 0 Å². The molecule has 0 aliphatic heterocycles. The van der Waals surface area contributed by atoms with Gasteiger partial charge in [-0.3, -0.25) is 0 Å². The summed E-state index contributed by atoms with van der Waals surface area (Å²) in [6.07, 6.45) is -1.37. The second-order valence-corrected chi connectivity index (χ2v) is 5.47. The number of thiazole rings is 1. The second-order valence-electron chi connectivity index (χ2n) is 4.65. The SMILES string of the molecule is O=C(O)Oc1nc(COc2ccc(-c3ccccc3)cc2)cs1. The first-order valence-electron chi connectivity index (χ1n) is 6.84. The van der Waals surface area contributed by atoms with Gasteiger partial charge in [0.15, 0.2) is 0 Å². The van der Waals surface area contributed by atoms with E-state index in [0.29, 0.717) is 5.69 Å². The summed E-state index contributed by atoms with van der Waals surface area (Å²) < 4.78 is 10.1. The van der Waals surface area contributed by atoms with Crippen LogP contribution < -0.4 is 9.47 Å². The highest BCUT2D eigenvalue weighted by Gasteiger charge is 2.07. The Balaban J connectivity index is 1.60. The minimum Gasteiger partial charge on any atom is -0.487 e. The zero-order valence-electron chi connectivity index (χ0n) is 12.0. The van der Waals surface area contributed by atoms with Gasteiger partial charge in [-0.2, -0.15) is 0 Å². The molecule has 0 fully saturated rings. The fourth-order valence-corrected chi connectivity index (χ4v) is 2.65. The summed E-state index contributed by atoms with van der Waals surface area (Å²) in [6.45, 7) is 0.254. The van der Waals surface area contributed by atoms with Gasteiger partial charge in [0.2, 0.25) is 0 Å². The topological polar surface area (TPSA) is 68.7 Å². The molecular formula is C17H13NO4S. The first-order chi connectivity index (χ1) is 11.2. The van der Waals surface area contributed by atoms with E-state index in [9.17, 15) is 4.79 Å². The van der Waals surface area contributed by atoms with Crippen molar-refractivity contribution in [2.75, 3.05) is 0 Å². The molecule has 1 aromatic heterocycles. The molecule has 6 heteroatoms. The van der Waals surface area contributed by atoms with E-state index in [0.717, 1.165) is 28.2 Å². The van der Waals surface area contributed by atoms with E-state index in [1.165, 1.54) is 0 Å². The molecule has 2 aromatic carbocycles. The highest BCUT2D eigenvalue weighted by molar-refractivity contribution is 7.11. The van der Waals surface area contributed by atoms with Crippen LogP contribution in [-0.4, -0.2) is 16.2 Å². The average Bonchev–Trinajstić information content (AvgIpc) is 3.01. The van der Waals surface area contributed by atoms with E-state index in [-0.39, 0.29) is 11.8 Å². The first kappa shape index (κ1) is 15.1. The molecule has 0 bridgehead atoms.